The number of hydrogen-bond donors (Lipinski definition) is 2. The minimum Gasteiger partial charge on any atom is -0.355 e. The largest absolute Gasteiger partial charge is 0.355 e. The molecule has 0 amide bonds. The first-order valence-corrected chi connectivity index (χ1v) is 6.25. The van der Waals surface area contributed by atoms with Crippen LogP contribution in [0.25, 0.3) is 0 Å². The normalized spacial score (nSPS) is 23.8. The van der Waals surface area contributed by atoms with Gasteiger partial charge in [0.15, 0.2) is 0 Å². The van der Waals surface area contributed by atoms with E-state index in [0.717, 1.165) is 24.6 Å². The molecule has 2 heterocycles. The average molecular weight is 250 g/mol. The van der Waals surface area contributed by atoms with E-state index in [-0.39, 0.29) is 0 Å². The zero-order chi connectivity index (χ0) is 13.3. The molecule has 0 aliphatic carbocycles. The Bertz CT molecular complexity index is 419. The van der Waals surface area contributed by atoms with Crippen LogP contribution in [-0.2, 0) is 0 Å². The van der Waals surface area contributed by atoms with Crippen molar-refractivity contribution >= 4 is 11.8 Å². The zero-order valence-electron chi connectivity index (χ0n) is 11.5. The van der Waals surface area contributed by atoms with Crippen LogP contribution >= 0.6 is 0 Å². The van der Waals surface area contributed by atoms with Crippen LogP contribution in [0.4, 0.5) is 11.8 Å². The van der Waals surface area contributed by atoms with Gasteiger partial charge in [0.1, 0.15) is 5.82 Å². The summed E-state index contributed by atoms with van der Waals surface area (Å²) in [6.45, 7) is 6.24. The fraction of sp³-hybridized carbons (Fsp3) is 0.667. The summed E-state index contributed by atoms with van der Waals surface area (Å²) in [6, 6.07) is 2.57. The minimum atomic E-state index is 0.478. The molecule has 0 spiro atoms. The highest BCUT2D eigenvalue weighted by molar-refractivity contribution is 5.45. The first kappa shape index (κ1) is 13.0. The van der Waals surface area contributed by atoms with Crippen LogP contribution in [0.5, 0.6) is 0 Å². The van der Waals surface area contributed by atoms with Gasteiger partial charge in [0.05, 0.1) is 0 Å². The second-order valence-corrected chi connectivity index (χ2v) is 5.25. The second-order valence-electron chi connectivity index (χ2n) is 5.25. The fourth-order valence-corrected chi connectivity index (χ4v) is 2.59. The third kappa shape index (κ3) is 2.54. The second kappa shape index (κ2) is 5.07. The standard InChI is InChI=1S/C12H22N6/c1-8-6-18(7-10(8)17(3)4)11-5-9(2)14-12(15-11)16-13/h5,8,10H,6-7,13H2,1-4H3,(H,14,15,16). The topological polar surface area (TPSA) is 70.3 Å². The van der Waals surface area contributed by atoms with E-state index in [2.05, 4.69) is 46.2 Å². The fourth-order valence-electron chi connectivity index (χ4n) is 2.59. The molecule has 3 N–H and O–H groups in total. The summed E-state index contributed by atoms with van der Waals surface area (Å²) in [7, 11) is 4.26. The molecule has 0 radical (unpaired) electrons. The summed E-state index contributed by atoms with van der Waals surface area (Å²) in [4.78, 5) is 13.2. The Morgan fingerprint density at radius 3 is 2.67 bits per heavy atom. The van der Waals surface area contributed by atoms with Crippen molar-refractivity contribution in [2.45, 2.75) is 19.9 Å². The Labute approximate surface area is 108 Å². The Balaban J connectivity index is 2.20. The van der Waals surface area contributed by atoms with Crippen molar-refractivity contribution in [3.8, 4) is 0 Å². The number of aryl methyl sites for hydroxylation is 1. The summed E-state index contributed by atoms with van der Waals surface area (Å²) >= 11 is 0. The van der Waals surface area contributed by atoms with E-state index in [1.807, 2.05) is 13.0 Å². The monoisotopic (exact) mass is 250 g/mol. The van der Waals surface area contributed by atoms with Gasteiger partial charge in [-0.1, -0.05) is 6.92 Å². The summed E-state index contributed by atoms with van der Waals surface area (Å²) in [5, 5.41) is 0. The number of nitrogen functional groups attached to an aromatic ring is 1. The van der Waals surface area contributed by atoms with E-state index in [1.165, 1.54) is 0 Å². The highest BCUT2D eigenvalue weighted by Gasteiger charge is 2.31. The van der Waals surface area contributed by atoms with Crippen molar-refractivity contribution in [3.05, 3.63) is 11.8 Å². The maximum Gasteiger partial charge on any atom is 0.239 e. The van der Waals surface area contributed by atoms with E-state index < -0.39 is 0 Å². The van der Waals surface area contributed by atoms with E-state index in [0.29, 0.717) is 17.9 Å². The molecule has 6 heteroatoms. The van der Waals surface area contributed by atoms with E-state index in [9.17, 15) is 0 Å². The van der Waals surface area contributed by atoms with Crippen LogP contribution in [0.15, 0.2) is 6.07 Å². The van der Waals surface area contributed by atoms with Crippen molar-refractivity contribution < 1.29 is 0 Å². The van der Waals surface area contributed by atoms with Crippen LogP contribution in [0, 0.1) is 12.8 Å². The van der Waals surface area contributed by atoms with E-state index in [1.54, 1.807) is 0 Å². The predicted octanol–water partition coefficient (Wildman–Crippen LogP) is 0.457. The van der Waals surface area contributed by atoms with Gasteiger partial charge in [-0.3, -0.25) is 5.43 Å². The lowest BCUT2D eigenvalue weighted by Gasteiger charge is -2.22. The molecule has 18 heavy (non-hydrogen) atoms. The molecular formula is C12H22N6. The highest BCUT2D eigenvalue weighted by atomic mass is 15.3. The molecule has 1 aliphatic heterocycles. The van der Waals surface area contributed by atoms with Gasteiger partial charge >= 0.3 is 0 Å². The molecule has 1 fully saturated rings. The van der Waals surface area contributed by atoms with Gasteiger partial charge in [0, 0.05) is 30.9 Å². The molecule has 0 bridgehead atoms. The molecule has 1 saturated heterocycles. The molecule has 1 aromatic rings. The van der Waals surface area contributed by atoms with Gasteiger partial charge in [0.2, 0.25) is 5.95 Å². The zero-order valence-corrected chi connectivity index (χ0v) is 11.5. The highest BCUT2D eigenvalue weighted by Crippen LogP contribution is 2.25. The van der Waals surface area contributed by atoms with Crippen LogP contribution in [0.2, 0.25) is 0 Å². The summed E-state index contributed by atoms with van der Waals surface area (Å²) in [5.41, 5.74) is 3.44. The number of nitrogens with two attached hydrogens (primary N) is 1. The number of hydrazine groups is 1. The first-order chi connectivity index (χ1) is 8.51. The number of aromatic nitrogens is 2. The third-order valence-corrected chi connectivity index (χ3v) is 3.53. The maximum absolute atomic E-state index is 5.39. The molecule has 2 rings (SSSR count). The molecule has 1 aromatic heterocycles. The lowest BCUT2D eigenvalue weighted by molar-refractivity contribution is 0.266. The summed E-state index contributed by atoms with van der Waals surface area (Å²) in [6.07, 6.45) is 0. The Morgan fingerprint density at radius 2 is 2.11 bits per heavy atom. The van der Waals surface area contributed by atoms with Crippen LogP contribution in [0.3, 0.4) is 0 Å². The Kier molecular flexibility index (Phi) is 3.68. The van der Waals surface area contributed by atoms with Gasteiger partial charge in [0.25, 0.3) is 0 Å². The summed E-state index contributed by atoms with van der Waals surface area (Å²) < 4.78 is 0. The van der Waals surface area contributed by atoms with E-state index >= 15 is 0 Å². The molecule has 6 nitrogen and oxygen atoms in total. The van der Waals surface area contributed by atoms with Gasteiger partial charge < -0.3 is 9.80 Å². The molecule has 2 atom stereocenters. The quantitative estimate of drug-likeness (QED) is 0.600. The van der Waals surface area contributed by atoms with Gasteiger partial charge in [-0.15, -0.1) is 0 Å². The number of nitrogens with one attached hydrogen (secondary N) is 1. The first-order valence-electron chi connectivity index (χ1n) is 6.25. The van der Waals surface area contributed by atoms with Crippen molar-refractivity contribution in [2.24, 2.45) is 11.8 Å². The molecule has 0 aromatic carbocycles. The number of likely N-dealkylation sites (N-methyl/N-ethyl adjacent to an activating group) is 1. The maximum atomic E-state index is 5.39. The van der Waals surface area contributed by atoms with Crippen LogP contribution < -0.4 is 16.2 Å². The smallest absolute Gasteiger partial charge is 0.239 e. The van der Waals surface area contributed by atoms with Crippen LogP contribution in [0.1, 0.15) is 12.6 Å². The molecule has 0 saturated carbocycles. The molecular weight excluding hydrogens is 228 g/mol. The lowest BCUT2D eigenvalue weighted by Crippen LogP contribution is -2.34. The Morgan fingerprint density at radius 1 is 1.39 bits per heavy atom. The lowest BCUT2D eigenvalue weighted by atomic mass is 10.1. The molecule has 100 valence electrons. The number of nitrogens with zero attached hydrogens (tertiary/aromatic N) is 4. The van der Waals surface area contributed by atoms with E-state index in [4.69, 9.17) is 5.84 Å². The summed E-state index contributed by atoms with van der Waals surface area (Å²) in [5.74, 6) is 7.44. The van der Waals surface area contributed by atoms with Crippen molar-refractivity contribution in [3.63, 3.8) is 0 Å². The predicted molar refractivity (Wildman–Crippen MR) is 73.4 cm³/mol. The number of anilines is 2. The number of rotatable bonds is 3. The molecule has 2 unspecified atom stereocenters. The van der Waals surface area contributed by atoms with Crippen molar-refractivity contribution in [1.29, 1.82) is 0 Å². The average Bonchev–Trinajstić information content (AvgIpc) is 2.70. The SMILES string of the molecule is Cc1cc(N2CC(C)C(N(C)C)C2)nc(NN)n1. The minimum absolute atomic E-state index is 0.478. The third-order valence-electron chi connectivity index (χ3n) is 3.53. The van der Waals surface area contributed by atoms with Crippen molar-refractivity contribution in [1.82, 2.24) is 14.9 Å². The van der Waals surface area contributed by atoms with Gasteiger partial charge in [-0.05, 0) is 26.9 Å². The van der Waals surface area contributed by atoms with Crippen LogP contribution in [-0.4, -0.2) is 48.1 Å². The molecule has 1 aliphatic rings. The number of hydrogen-bond acceptors (Lipinski definition) is 6. The van der Waals surface area contributed by atoms with Crippen molar-refractivity contribution in [2.75, 3.05) is 37.5 Å². The Hall–Kier alpha value is -1.40. The van der Waals surface area contributed by atoms with Gasteiger partial charge in [-0.2, -0.15) is 4.98 Å². The van der Waals surface area contributed by atoms with Gasteiger partial charge in [-0.25, -0.2) is 10.8 Å².